The predicted molar refractivity (Wildman–Crippen MR) is 157 cm³/mol. The van der Waals surface area contributed by atoms with Crippen molar-refractivity contribution in [1.82, 2.24) is 14.9 Å². The number of benzene rings is 2. The van der Waals surface area contributed by atoms with Crippen molar-refractivity contribution in [2.75, 3.05) is 0 Å². The number of nitrogens with one attached hydrogen (secondary N) is 1. The summed E-state index contributed by atoms with van der Waals surface area (Å²) < 4.78 is 38.0. The highest BCUT2D eigenvalue weighted by Crippen LogP contribution is 2.35. The van der Waals surface area contributed by atoms with Gasteiger partial charge in [-0.3, -0.25) is 0 Å². The standard InChI is InChI=1S/C28H30BrFN4O2SSi/c1-28(2,3)37(35)34-21(14-22-26(30)24(38(4,5)6)15-25(29)32-22)18-9-7-8-10-19(18)27-20-12-11-17(16-31)13-23(20)36-33-27/h7-13,15,21,34H,14H2,1-6H3/t21-,37?/m0/s1. The second-order valence-electron chi connectivity index (χ2n) is 11.2. The molecule has 0 bridgehead atoms. The van der Waals surface area contributed by atoms with Gasteiger partial charge in [-0.2, -0.15) is 5.26 Å². The van der Waals surface area contributed by atoms with E-state index in [2.05, 4.69) is 56.5 Å². The van der Waals surface area contributed by atoms with Gasteiger partial charge in [0.1, 0.15) is 20.9 Å². The summed E-state index contributed by atoms with van der Waals surface area (Å²) in [5.41, 5.74) is 3.43. The Kier molecular flexibility index (Phi) is 8.17. The van der Waals surface area contributed by atoms with Crippen LogP contribution in [-0.2, 0) is 17.8 Å². The normalized spacial score (nSPS) is 13.9. The first-order valence-corrected chi connectivity index (χ1v) is 17.7. The highest BCUT2D eigenvalue weighted by Gasteiger charge is 2.33. The van der Waals surface area contributed by atoms with Crippen LogP contribution in [0.5, 0.6) is 0 Å². The average Bonchev–Trinajstić information content (AvgIpc) is 3.27. The van der Waals surface area contributed by atoms with Crippen molar-refractivity contribution >= 4 is 51.5 Å². The Labute approximate surface area is 235 Å². The molecule has 0 radical (unpaired) electrons. The van der Waals surface area contributed by atoms with Crippen LogP contribution in [0.3, 0.4) is 0 Å². The minimum Gasteiger partial charge on any atom is -0.598 e. The molecule has 6 nitrogen and oxygen atoms in total. The molecule has 0 aliphatic heterocycles. The first-order valence-electron chi connectivity index (χ1n) is 12.2. The van der Waals surface area contributed by atoms with Gasteiger partial charge in [0.05, 0.1) is 31.4 Å². The first-order chi connectivity index (χ1) is 17.8. The van der Waals surface area contributed by atoms with Crippen molar-refractivity contribution in [3.63, 3.8) is 0 Å². The van der Waals surface area contributed by atoms with E-state index in [0.29, 0.717) is 32.3 Å². The fourth-order valence-corrected chi connectivity index (χ4v) is 7.01. The minimum atomic E-state index is -2.00. The SMILES string of the molecule is CC(C)(C)[S+]([O-])N[C@@H](Cc1nc(Br)cc([Si](C)(C)C)c1F)c1ccccc1-c1noc2cc(C#N)ccc12. The molecule has 38 heavy (non-hydrogen) atoms. The Bertz CT molecular complexity index is 1520. The summed E-state index contributed by atoms with van der Waals surface area (Å²) in [5.74, 6) is -0.311. The molecule has 0 aliphatic carbocycles. The van der Waals surface area contributed by atoms with E-state index in [1.165, 1.54) is 0 Å². The number of nitriles is 1. The average molecular weight is 614 g/mol. The Morgan fingerprint density at radius 1 is 1.18 bits per heavy atom. The van der Waals surface area contributed by atoms with E-state index in [4.69, 9.17) is 4.52 Å². The molecule has 198 valence electrons. The van der Waals surface area contributed by atoms with Crippen LogP contribution in [0.2, 0.25) is 19.6 Å². The van der Waals surface area contributed by atoms with Gasteiger partial charge in [0.2, 0.25) is 0 Å². The fourth-order valence-electron chi connectivity index (χ4n) is 4.16. The molecule has 0 saturated carbocycles. The van der Waals surface area contributed by atoms with Crippen LogP contribution in [0.25, 0.3) is 22.2 Å². The summed E-state index contributed by atoms with van der Waals surface area (Å²) in [6.07, 6.45) is 0.177. The number of hydrogen-bond donors (Lipinski definition) is 1. The molecule has 2 heterocycles. The maximum atomic E-state index is 15.8. The lowest BCUT2D eigenvalue weighted by Gasteiger charge is -2.29. The lowest BCUT2D eigenvalue weighted by atomic mass is 9.94. The third-order valence-electron chi connectivity index (χ3n) is 6.20. The van der Waals surface area contributed by atoms with Crippen LogP contribution in [0.1, 0.15) is 43.6 Å². The monoisotopic (exact) mass is 612 g/mol. The molecule has 4 rings (SSSR count). The quantitative estimate of drug-likeness (QED) is 0.144. The lowest BCUT2D eigenvalue weighted by Crippen LogP contribution is -2.43. The first kappa shape index (κ1) is 28.5. The second kappa shape index (κ2) is 10.9. The molecule has 0 saturated heterocycles. The van der Waals surface area contributed by atoms with E-state index < -0.39 is 30.2 Å². The van der Waals surface area contributed by atoms with Crippen molar-refractivity contribution in [3.05, 3.63) is 75.8 Å². The molecular formula is C28H30BrFN4O2SSi. The summed E-state index contributed by atoms with van der Waals surface area (Å²) in [6, 6.07) is 16.1. The van der Waals surface area contributed by atoms with Crippen LogP contribution < -0.4 is 9.91 Å². The number of rotatable bonds is 7. The molecule has 0 amide bonds. The summed E-state index contributed by atoms with van der Waals surface area (Å²) in [5, 5.41) is 15.0. The number of aromatic nitrogens is 2. The van der Waals surface area contributed by atoms with Crippen LogP contribution in [0.15, 0.2) is 57.7 Å². The maximum absolute atomic E-state index is 15.8. The summed E-state index contributed by atoms with van der Waals surface area (Å²) in [6.45, 7) is 11.9. The molecule has 2 aromatic carbocycles. The number of pyridine rings is 1. The van der Waals surface area contributed by atoms with Gasteiger partial charge in [-0.15, -0.1) is 4.72 Å². The zero-order chi connectivity index (χ0) is 27.8. The third-order valence-corrected chi connectivity index (χ3v) is 10.2. The van der Waals surface area contributed by atoms with Gasteiger partial charge in [-0.25, -0.2) is 9.37 Å². The van der Waals surface area contributed by atoms with E-state index in [0.717, 1.165) is 16.5 Å². The van der Waals surface area contributed by atoms with Crippen molar-refractivity contribution in [2.24, 2.45) is 0 Å². The topological polar surface area (TPSA) is 97.8 Å². The zero-order valence-corrected chi connectivity index (χ0v) is 25.6. The molecule has 2 aromatic heterocycles. The summed E-state index contributed by atoms with van der Waals surface area (Å²) >= 11 is 2.03. The molecule has 4 aromatic rings. The van der Waals surface area contributed by atoms with E-state index in [-0.39, 0.29) is 12.2 Å². The predicted octanol–water partition coefficient (Wildman–Crippen LogP) is 6.54. The Balaban J connectivity index is 1.86. The third kappa shape index (κ3) is 6.03. The summed E-state index contributed by atoms with van der Waals surface area (Å²) in [7, 11) is -2.00. The van der Waals surface area contributed by atoms with Gasteiger partial charge >= 0.3 is 0 Å². The largest absolute Gasteiger partial charge is 0.598 e. The molecule has 10 heteroatoms. The minimum absolute atomic E-state index is 0.177. The Morgan fingerprint density at radius 3 is 2.55 bits per heavy atom. The molecule has 1 unspecified atom stereocenters. The van der Waals surface area contributed by atoms with Crippen molar-refractivity contribution in [2.45, 2.75) is 57.6 Å². The number of halogens is 2. The smallest absolute Gasteiger partial charge is 0.168 e. The Morgan fingerprint density at radius 2 is 1.89 bits per heavy atom. The zero-order valence-electron chi connectivity index (χ0n) is 22.2. The lowest BCUT2D eigenvalue weighted by molar-refractivity contribution is 0.459. The van der Waals surface area contributed by atoms with Crippen molar-refractivity contribution in [3.8, 4) is 17.3 Å². The number of hydrogen-bond acceptors (Lipinski definition) is 6. The molecular weight excluding hydrogens is 583 g/mol. The van der Waals surface area contributed by atoms with Gasteiger partial charge in [-0.05, 0) is 65.7 Å². The van der Waals surface area contributed by atoms with Gasteiger partial charge in [0, 0.05) is 34.8 Å². The van der Waals surface area contributed by atoms with Crippen molar-refractivity contribution < 1.29 is 13.5 Å². The van der Waals surface area contributed by atoms with Gasteiger partial charge in [-0.1, -0.05) is 49.1 Å². The van der Waals surface area contributed by atoms with Crippen LogP contribution >= 0.6 is 15.9 Å². The van der Waals surface area contributed by atoms with E-state index >= 15 is 4.39 Å². The van der Waals surface area contributed by atoms with Crippen LogP contribution in [0, 0.1) is 17.1 Å². The van der Waals surface area contributed by atoms with Crippen molar-refractivity contribution in [1.29, 1.82) is 5.26 Å². The highest BCUT2D eigenvalue weighted by molar-refractivity contribution is 9.10. The fraction of sp³-hybridized carbons (Fsp3) is 0.321. The highest BCUT2D eigenvalue weighted by atomic mass is 79.9. The van der Waals surface area contributed by atoms with Crippen LogP contribution in [-0.4, -0.2) is 27.5 Å². The van der Waals surface area contributed by atoms with E-state index in [1.807, 2.05) is 51.1 Å². The maximum Gasteiger partial charge on any atom is 0.168 e. The molecule has 2 atom stereocenters. The van der Waals surface area contributed by atoms with Gasteiger partial charge in [0.25, 0.3) is 0 Å². The molecule has 1 N–H and O–H groups in total. The second-order valence-corrected chi connectivity index (χ2v) is 19.0. The molecule has 0 aliphatic rings. The van der Waals surface area contributed by atoms with E-state index in [1.54, 1.807) is 18.2 Å². The number of nitrogens with zero attached hydrogens (tertiary/aromatic N) is 3. The van der Waals surface area contributed by atoms with Crippen LogP contribution in [0.4, 0.5) is 4.39 Å². The summed E-state index contributed by atoms with van der Waals surface area (Å²) in [4.78, 5) is 4.50. The van der Waals surface area contributed by atoms with E-state index in [9.17, 15) is 9.81 Å². The van der Waals surface area contributed by atoms with Gasteiger partial charge in [0.15, 0.2) is 5.58 Å². The van der Waals surface area contributed by atoms with Gasteiger partial charge < -0.3 is 9.08 Å². The molecule has 0 spiro atoms. The Hall–Kier alpha value is -2.55. The molecule has 0 fully saturated rings. The number of fused-ring (bicyclic) bond motifs is 1.